The molecule has 196 valence electrons. The molecule has 0 bridgehead atoms. The summed E-state index contributed by atoms with van der Waals surface area (Å²) in [5.74, 6) is -0.910. The average Bonchev–Trinajstić information content (AvgIpc) is 2.95. The Hall–Kier alpha value is -4.04. The highest BCUT2D eigenvalue weighted by molar-refractivity contribution is 8.00. The number of halogens is 2. The summed E-state index contributed by atoms with van der Waals surface area (Å²) in [5.41, 5.74) is 2.33. The van der Waals surface area contributed by atoms with E-state index in [9.17, 15) is 14.4 Å². The van der Waals surface area contributed by atoms with Crippen LogP contribution in [-0.2, 0) is 9.59 Å². The standard InChI is InChI=1S/C30H23Cl2N3O3S/c31-22-11-16-26(25(32)18-22)34-28(36)19-39-24-14-12-23(13-15-24)33-30(38)27(17-20-7-3-1-4-8-20)35-29(37)21-9-5-2-6-10-21/h1-18H,19H2,(H,33,38)(H,34,36)(H,35,37)/b27-17-. The maximum atomic E-state index is 13.1. The van der Waals surface area contributed by atoms with E-state index in [1.807, 2.05) is 36.4 Å². The molecule has 0 fully saturated rings. The lowest BCUT2D eigenvalue weighted by Gasteiger charge is -2.12. The zero-order chi connectivity index (χ0) is 27.6. The predicted molar refractivity (Wildman–Crippen MR) is 159 cm³/mol. The van der Waals surface area contributed by atoms with E-state index >= 15 is 0 Å². The van der Waals surface area contributed by atoms with Crippen LogP contribution in [0.3, 0.4) is 0 Å². The second-order valence-electron chi connectivity index (χ2n) is 8.23. The third-order valence-electron chi connectivity index (χ3n) is 5.33. The molecule has 3 N–H and O–H groups in total. The third-order valence-corrected chi connectivity index (χ3v) is 6.89. The highest BCUT2D eigenvalue weighted by Crippen LogP contribution is 2.26. The minimum Gasteiger partial charge on any atom is -0.324 e. The van der Waals surface area contributed by atoms with Crippen LogP contribution in [0.5, 0.6) is 0 Å². The van der Waals surface area contributed by atoms with Gasteiger partial charge in [-0.2, -0.15) is 0 Å². The van der Waals surface area contributed by atoms with Crippen molar-refractivity contribution in [1.82, 2.24) is 5.32 Å². The summed E-state index contributed by atoms with van der Waals surface area (Å²) in [6.45, 7) is 0. The number of carbonyl (C=O) groups is 3. The van der Waals surface area contributed by atoms with Crippen LogP contribution < -0.4 is 16.0 Å². The molecular weight excluding hydrogens is 553 g/mol. The van der Waals surface area contributed by atoms with Crippen molar-refractivity contribution in [2.75, 3.05) is 16.4 Å². The molecule has 4 rings (SSSR count). The Morgan fingerprint density at radius 3 is 2.10 bits per heavy atom. The van der Waals surface area contributed by atoms with Crippen LogP contribution in [0.1, 0.15) is 15.9 Å². The zero-order valence-electron chi connectivity index (χ0n) is 20.5. The fourth-order valence-electron chi connectivity index (χ4n) is 3.42. The van der Waals surface area contributed by atoms with Gasteiger partial charge in [-0.1, -0.05) is 71.7 Å². The van der Waals surface area contributed by atoms with Crippen LogP contribution in [0.4, 0.5) is 11.4 Å². The van der Waals surface area contributed by atoms with Crippen molar-refractivity contribution in [3.8, 4) is 0 Å². The van der Waals surface area contributed by atoms with Crippen molar-refractivity contribution in [3.63, 3.8) is 0 Å². The van der Waals surface area contributed by atoms with Crippen LogP contribution >= 0.6 is 35.0 Å². The largest absolute Gasteiger partial charge is 0.324 e. The summed E-state index contributed by atoms with van der Waals surface area (Å²) in [5, 5.41) is 9.14. The summed E-state index contributed by atoms with van der Waals surface area (Å²) in [6.07, 6.45) is 1.62. The molecule has 3 amide bonds. The molecule has 0 atom stereocenters. The van der Waals surface area contributed by atoms with E-state index in [0.717, 1.165) is 10.5 Å². The van der Waals surface area contributed by atoms with Gasteiger partial charge in [0, 0.05) is 21.2 Å². The summed E-state index contributed by atoms with van der Waals surface area (Å²) in [6, 6.07) is 29.8. The monoisotopic (exact) mass is 575 g/mol. The van der Waals surface area contributed by atoms with E-state index in [1.54, 1.807) is 72.8 Å². The van der Waals surface area contributed by atoms with E-state index in [1.165, 1.54) is 11.8 Å². The Morgan fingerprint density at radius 2 is 1.44 bits per heavy atom. The third kappa shape index (κ3) is 8.48. The van der Waals surface area contributed by atoms with Crippen molar-refractivity contribution in [2.45, 2.75) is 4.90 Å². The molecule has 4 aromatic carbocycles. The second kappa shape index (κ2) is 13.7. The number of nitrogens with one attached hydrogen (secondary N) is 3. The first-order valence-corrected chi connectivity index (χ1v) is 13.5. The van der Waals surface area contributed by atoms with Crippen LogP contribution in [0.15, 0.2) is 114 Å². The van der Waals surface area contributed by atoms with Crippen LogP contribution in [0, 0.1) is 0 Å². The lowest BCUT2D eigenvalue weighted by molar-refractivity contribution is -0.114. The quantitative estimate of drug-likeness (QED) is 0.146. The number of thioether (sulfide) groups is 1. The lowest BCUT2D eigenvalue weighted by atomic mass is 10.1. The molecule has 0 heterocycles. The molecule has 0 unspecified atom stereocenters. The van der Waals surface area contributed by atoms with Gasteiger partial charge in [0.1, 0.15) is 5.70 Å². The van der Waals surface area contributed by atoms with Gasteiger partial charge in [0.15, 0.2) is 0 Å². The average molecular weight is 577 g/mol. The Bertz CT molecular complexity index is 1500. The molecule has 0 spiro atoms. The van der Waals surface area contributed by atoms with Gasteiger partial charge in [-0.3, -0.25) is 14.4 Å². The Labute approximate surface area is 240 Å². The van der Waals surface area contributed by atoms with Crippen LogP contribution in [-0.4, -0.2) is 23.5 Å². The predicted octanol–water partition coefficient (Wildman–Crippen LogP) is 7.13. The Kier molecular flexibility index (Phi) is 9.80. The minimum absolute atomic E-state index is 0.103. The number of carbonyl (C=O) groups excluding carboxylic acids is 3. The number of benzene rings is 4. The highest BCUT2D eigenvalue weighted by Gasteiger charge is 2.15. The molecule has 6 nitrogen and oxygen atoms in total. The fourth-order valence-corrected chi connectivity index (χ4v) is 4.57. The minimum atomic E-state index is -0.470. The van der Waals surface area contributed by atoms with Crippen LogP contribution in [0.25, 0.3) is 6.08 Å². The number of anilines is 2. The van der Waals surface area contributed by atoms with Crippen molar-refractivity contribution < 1.29 is 14.4 Å². The highest BCUT2D eigenvalue weighted by atomic mass is 35.5. The molecule has 39 heavy (non-hydrogen) atoms. The fraction of sp³-hybridized carbons (Fsp3) is 0.0333. The first kappa shape index (κ1) is 28.0. The topological polar surface area (TPSA) is 87.3 Å². The van der Waals surface area contributed by atoms with Gasteiger partial charge in [-0.15, -0.1) is 11.8 Å². The first-order valence-electron chi connectivity index (χ1n) is 11.8. The maximum absolute atomic E-state index is 13.1. The van der Waals surface area contributed by atoms with E-state index in [2.05, 4.69) is 16.0 Å². The van der Waals surface area contributed by atoms with Crippen LogP contribution in [0.2, 0.25) is 10.0 Å². The number of hydrogen-bond donors (Lipinski definition) is 3. The molecule has 0 aliphatic heterocycles. The number of hydrogen-bond acceptors (Lipinski definition) is 4. The maximum Gasteiger partial charge on any atom is 0.272 e. The Morgan fingerprint density at radius 1 is 0.769 bits per heavy atom. The summed E-state index contributed by atoms with van der Waals surface area (Å²) < 4.78 is 0. The summed E-state index contributed by atoms with van der Waals surface area (Å²) in [7, 11) is 0. The normalized spacial score (nSPS) is 11.0. The SMILES string of the molecule is O=C(CSc1ccc(NC(=O)/C(=C/c2ccccc2)NC(=O)c2ccccc2)cc1)Nc1ccc(Cl)cc1Cl. The number of rotatable bonds is 9. The zero-order valence-corrected chi connectivity index (χ0v) is 22.8. The number of amides is 3. The molecule has 0 radical (unpaired) electrons. The van der Waals surface area contributed by atoms with Crippen molar-refractivity contribution in [3.05, 3.63) is 130 Å². The van der Waals surface area contributed by atoms with Crippen molar-refractivity contribution >= 4 is 70.1 Å². The van der Waals surface area contributed by atoms with Crippen molar-refractivity contribution in [1.29, 1.82) is 0 Å². The second-order valence-corrected chi connectivity index (χ2v) is 10.1. The van der Waals surface area contributed by atoms with E-state index in [4.69, 9.17) is 23.2 Å². The van der Waals surface area contributed by atoms with Gasteiger partial charge in [-0.25, -0.2) is 0 Å². The van der Waals surface area contributed by atoms with E-state index < -0.39 is 11.8 Å². The molecular formula is C30H23Cl2N3O3S. The van der Waals surface area contributed by atoms with E-state index in [0.29, 0.717) is 27.0 Å². The molecule has 0 saturated carbocycles. The van der Waals surface area contributed by atoms with Gasteiger partial charge >= 0.3 is 0 Å². The molecule has 9 heteroatoms. The van der Waals surface area contributed by atoms with Gasteiger partial charge in [0.25, 0.3) is 11.8 Å². The smallest absolute Gasteiger partial charge is 0.272 e. The molecule has 0 saturated heterocycles. The lowest BCUT2D eigenvalue weighted by Crippen LogP contribution is -2.30. The molecule has 0 aromatic heterocycles. The molecule has 0 aliphatic rings. The molecule has 4 aromatic rings. The van der Waals surface area contributed by atoms with E-state index in [-0.39, 0.29) is 17.4 Å². The van der Waals surface area contributed by atoms with Gasteiger partial charge in [0.2, 0.25) is 5.91 Å². The summed E-state index contributed by atoms with van der Waals surface area (Å²) in [4.78, 5) is 39.0. The van der Waals surface area contributed by atoms with Gasteiger partial charge < -0.3 is 16.0 Å². The molecule has 0 aliphatic carbocycles. The first-order chi connectivity index (χ1) is 18.9. The van der Waals surface area contributed by atoms with Gasteiger partial charge in [-0.05, 0) is 66.2 Å². The summed E-state index contributed by atoms with van der Waals surface area (Å²) >= 11 is 13.3. The Balaban J connectivity index is 1.38. The van der Waals surface area contributed by atoms with Crippen molar-refractivity contribution in [2.24, 2.45) is 0 Å². The van der Waals surface area contributed by atoms with Gasteiger partial charge in [0.05, 0.1) is 16.5 Å².